The summed E-state index contributed by atoms with van der Waals surface area (Å²) >= 11 is 5.70. The average molecular weight is 536 g/mol. The summed E-state index contributed by atoms with van der Waals surface area (Å²) in [5.74, 6) is -2.01. The zero-order chi connectivity index (χ0) is 26.1. The number of carboxylic acids is 1. The van der Waals surface area contributed by atoms with E-state index >= 15 is 0 Å². The second kappa shape index (κ2) is 13.6. The number of H-pyrrole nitrogens is 1. The number of benzene rings is 1. The van der Waals surface area contributed by atoms with Crippen LogP contribution in [-0.2, 0) is 25.6 Å². The number of thiol groups is 1. The van der Waals surface area contributed by atoms with Gasteiger partial charge in [0.25, 0.3) is 0 Å². The molecule has 10 nitrogen and oxygen atoms in total. The second-order valence-corrected chi connectivity index (χ2v) is 10.0. The third-order valence-corrected chi connectivity index (χ3v) is 7.16. The molecule has 1 aromatic heterocycles. The van der Waals surface area contributed by atoms with E-state index in [2.05, 4.69) is 38.9 Å². The van der Waals surface area contributed by atoms with Crippen LogP contribution in [0.25, 0.3) is 10.9 Å². The van der Waals surface area contributed by atoms with Crippen molar-refractivity contribution in [2.45, 2.75) is 49.9 Å². The number of amides is 3. The van der Waals surface area contributed by atoms with Crippen LogP contribution >= 0.6 is 24.4 Å². The normalized spacial score (nSPS) is 17.8. The van der Waals surface area contributed by atoms with E-state index in [0.29, 0.717) is 12.2 Å². The summed E-state index contributed by atoms with van der Waals surface area (Å²) < 4.78 is 0. The van der Waals surface area contributed by atoms with E-state index in [0.717, 1.165) is 29.4 Å². The number of aliphatic carboxylic acids is 1. The highest BCUT2D eigenvalue weighted by Gasteiger charge is 2.31. The maximum Gasteiger partial charge on any atom is 0.326 e. The molecule has 0 saturated carbocycles. The van der Waals surface area contributed by atoms with Gasteiger partial charge in [0, 0.05) is 29.3 Å². The monoisotopic (exact) mass is 535 g/mol. The van der Waals surface area contributed by atoms with Gasteiger partial charge in [0.05, 0.1) is 6.04 Å². The van der Waals surface area contributed by atoms with Gasteiger partial charge in [-0.15, -0.1) is 0 Å². The molecule has 0 aliphatic carbocycles. The third-order valence-electron chi connectivity index (χ3n) is 6.15. The molecule has 2 aromatic rings. The second-order valence-electron chi connectivity index (χ2n) is 8.70. The average Bonchev–Trinajstić information content (AvgIpc) is 3.55. The molecule has 1 fully saturated rings. The SMILES string of the molecule is CSCCC(NC(=O)C(Cc1c[nH]c2ccccc12)NC(=O)C(CS)NC(=O)C1CCCN1)C(=O)O. The van der Waals surface area contributed by atoms with Crippen molar-refractivity contribution < 1.29 is 24.3 Å². The van der Waals surface area contributed by atoms with Crippen LogP contribution < -0.4 is 21.3 Å². The topological polar surface area (TPSA) is 152 Å². The number of carbonyl (C=O) groups excluding carboxylic acids is 3. The first-order valence-corrected chi connectivity index (χ1v) is 13.9. The number of para-hydroxylation sites is 1. The lowest BCUT2D eigenvalue weighted by atomic mass is 10.0. The minimum Gasteiger partial charge on any atom is -0.480 e. The van der Waals surface area contributed by atoms with Crippen molar-refractivity contribution in [1.82, 2.24) is 26.3 Å². The Morgan fingerprint density at radius 2 is 1.83 bits per heavy atom. The molecule has 2 heterocycles. The Balaban J connectivity index is 1.77. The Bertz CT molecular complexity index is 1070. The first kappa shape index (κ1) is 27.9. The van der Waals surface area contributed by atoms with Gasteiger partial charge in [0.15, 0.2) is 0 Å². The molecule has 6 N–H and O–H groups in total. The fourth-order valence-electron chi connectivity index (χ4n) is 4.14. The molecule has 1 aromatic carbocycles. The summed E-state index contributed by atoms with van der Waals surface area (Å²) in [4.78, 5) is 53.7. The molecule has 12 heteroatoms. The number of carbonyl (C=O) groups is 4. The number of aromatic amines is 1. The van der Waals surface area contributed by atoms with Crippen molar-refractivity contribution in [3.05, 3.63) is 36.0 Å². The Morgan fingerprint density at radius 1 is 1.11 bits per heavy atom. The lowest BCUT2D eigenvalue weighted by Crippen LogP contribution is -2.58. The minimum atomic E-state index is -1.14. The first-order chi connectivity index (χ1) is 17.3. The number of rotatable bonds is 13. The first-order valence-electron chi connectivity index (χ1n) is 11.9. The van der Waals surface area contributed by atoms with Crippen molar-refractivity contribution >= 4 is 59.0 Å². The highest BCUT2D eigenvalue weighted by atomic mass is 32.2. The molecule has 0 bridgehead atoms. The highest BCUT2D eigenvalue weighted by Crippen LogP contribution is 2.19. The highest BCUT2D eigenvalue weighted by molar-refractivity contribution is 7.98. The summed E-state index contributed by atoms with van der Waals surface area (Å²) in [6.07, 6.45) is 5.57. The van der Waals surface area contributed by atoms with Crippen LogP contribution in [0.5, 0.6) is 0 Å². The van der Waals surface area contributed by atoms with E-state index in [1.807, 2.05) is 30.5 Å². The summed E-state index contributed by atoms with van der Waals surface area (Å²) in [5, 5.41) is 21.5. The minimum absolute atomic E-state index is 0.0389. The quantitative estimate of drug-likeness (QED) is 0.186. The summed E-state index contributed by atoms with van der Waals surface area (Å²) in [6.45, 7) is 0.740. The van der Waals surface area contributed by atoms with Gasteiger partial charge in [-0.2, -0.15) is 24.4 Å². The van der Waals surface area contributed by atoms with E-state index in [-0.39, 0.29) is 30.5 Å². The van der Waals surface area contributed by atoms with Crippen LogP contribution in [0.3, 0.4) is 0 Å². The van der Waals surface area contributed by atoms with E-state index in [1.165, 1.54) is 11.8 Å². The van der Waals surface area contributed by atoms with E-state index in [4.69, 9.17) is 0 Å². The summed E-state index contributed by atoms with van der Waals surface area (Å²) in [5.41, 5.74) is 1.68. The van der Waals surface area contributed by atoms with Gasteiger partial charge in [-0.05, 0) is 49.4 Å². The molecular weight excluding hydrogens is 502 g/mol. The number of carboxylic acid groups (broad SMARTS) is 1. The van der Waals surface area contributed by atoms with E-state index < -0.39 is 35.9 Å². The van der Waals surface area contributed by atoms with Gasteiger partial charge in [0.1, 0.15) is 18.1 Å². The van der Waals surface area contributed by atoms with Crippen LogP contribution in [0.4, 0.5) is 0 Å². The van der Waals surface area contributed by atoms with E-state index in [1.54, 1.807) is 6.20 Å². The van der Waals surface area contributed by atoms with Gasteiger partial charge in [-0.25, -0.2) is 4.79 Å². The Kier molecular flexibility index (Phi) is 10.5. The number of nitrogens with one attached hydrogen (secondary N) is 5. The molecule has 4 unspecified atom stereocenters. The van der Waals surface area contributed by atoms with Crippen LogP contribution in [0.2, 0.25) is 0 Å². The van der Waals surface area contributed by atoms with Crippen molar-refractivity contribution in [3.8, 4) is 0 Å². The molecule has 3 amide bonds. The smallest absolute Gasteiger partial charge is 0.326 e. The number of aromatic nitrogens is 1. The lowest BCUT2D eigenvalue weighted by molar-refractivity contribution is -0.142. The molecule has 3 rings (SSSR count). The maximum atomic E-state index is 13.2. The zero-order valence-electron chi connectivity index (χ0n) is 20.1. The van der Waals surface area contributed by atoms with Crippen molar-refractivity contribution in [2.75, 3.05) is 24.3 Å². The molecule has 1 aliphatic rings. The molecule has 0 radical (unpaired) electrons. The van der Waals surface area contributed by atoms with Crippen molar-refractivity contribution in [2.24, 2.45) is 0 Å². The fourth-order valence-corrected chi connectivity index (χ4v) is 4.87. The zero-order valence-corrected chi connectivity index (χ0v) is 21.8. The standard InChI is InChI=1S/C24H33N5O5S2/c1-36-10-8-18(24(33)34)27-22(31)19(11-14-12-26-16-6-3-2-5-15(14)16)28-23(32)20(13-35)29-21(30)17-7-4-9-25-17/h2-3,5-6,12,17-20,25-26,35H,4,7-11,13H2,1H3,(H,27,31)(H,28,32)(H,29,30)(H,33,34). The summed E-state index contributed by atoms with van der Waals surface area (Å²) in [6, 6.07) is 4.11. The molecule has 0 spiro atoms. The Hall–Kier alpha value is -2.70. The Morgan fingerprint density at radius 3 is 2.50 bits per heavy atom. The van der Waals surface area contributed by atoms with E-state index in [9.17, 15) is 24.3 Å². The predicted molar refractivity (Wildman–Crippen MR) is 143 cm³/mol. The van der Waals surface area contributed by atoms with Crippen LogP contribution in [0.1, 0.15) is 24.8 Å². The van der Waals surface area contributed by atoms with Crippen LogP contribution in [0.15, 0.2) is 30.5 Å². The molecule has 1 saturated heterocycles. The number of thioether (sulfide) groups is 1. The lowest BCUT2D eigenvalue weighted by Gasteiger charge is -2.24. The molecular formula is C24H33N5O5S2. The molecule has 4 atom stereocenters. The van der Waals surface area contributed by atoms with Crippen molar-refractivity contribution in [3.63, 3.8) is 0 Å². The molecule has 1 aliphatic heterocycles. The third kappa shape index (κ3) is 7.40. The molecule has 196 valence electrons. The number of hydrogen-bond donors (Lipinski definition) is 7. The van der Waals surface area contributed by atoms with Gasteiger partial charge >= 0.3 is 5.97 Å². The van der Waals surface area contributed by atoms with Gasteiger partial charge in [-0.1, -0.05) is 18.2 Å². The van der Waals surface area contributed by atoms with Gasteiger partial charge in [-0.3, -0.25) is 14.4 Å². The van der Waals surface area contributed by atoms with Gasteiger partial charge < -0.3 is 31.4 Å². The maximum absolute atomic E-state index is 13.2. The predicted octanol–water partition coefficient (Wildman–Crippen LogP) is 0.684. The number of fused-ring (bicyclic) bond motifs is 1. The van der Waals surface area contributed by atoms with Crippen LogP contribution in [-0.4, -0.2) is 82.3 Å². The number of hydrogen-bond acceptors (Lipinski definition) is 7. The summed E-state index contributed by atoms with van der Waals surface area (Å²) in [7, 11) is 0. The van der Waals surface area contributed by atoms with Crippen LogP contribution in [0, 0.1) is 0 Å². The molecule has 36 heavy (non-hydrogen) atoms. The van der Waals surface area contributed by atoms with Gasteiger partial charge in [0.2, 0.25) is 17.7 Å². The largest absolute Gasteiger partial charge is 0.480 e. The Labute approximate surface area is 219 Å². The van der Waals surface area contributed by atoms with Crippen molar-refractivity contribution in [1.29, 1.82) is 0 Å². The fraction of sp³-hybridized carbons (Fsp3) is 0.500.